The summed E-state index contributed by atoms with van der Waals surface area (Å²) in [5.41, 5.74) is 0.565. The van der Waals surface area contributed by atoms with Crippen molar-refractivity contribution in [2.24, 2.45) is 10.1 Å². The number of amides is 2. The van der Waals surface area contributed by atoms with E-state index in [1.807, 2.05) is 0 Å². The molecule has 13 nitrogen and oxygen atoms in total. The number of carbonyl (C=O) groups is 2. The molecule has 1 heterocycles. The number of nitro benzene ring substituents is 2. The summed E-state index contributed by atoms with van der Waals surface area (Å²) in [6.07, 6.45) is -0.250. The normalized spacial score (nSPS) is 16.8. The van der Waals surface area contributed by atoms with E-state index in [2.05, 4.69) is 15.4 Å². The number of hydrogen-bond donors (Lipinski definition) is 1. The van der Waals surface area contributed by atoms with Crippen molar-refractivity contribution >= 4 is 51.5 Å². The molecule has 1 saturated heterocycles. The fourth-order valence-electron chi connectivity index (χ4n) is 3.25. The maximum atomic E-state index is 13.1. The fraction of sp³-hybridized carbons (Fsp3) is 0.273. The van der Waals surface area contributed by atoms with Crippen LogP contribution >= 0.6 is 11.8 Å². The number of nitro groups is 2. The summed E-state index contributed by atoms with van der Waals surface area (Å²) in [6.45, 7) is 3.75. The van der Waals surface area contributed by atoms with Crippen molar-refractivity contribution in [3.05, 3.63) is 68.3 Å². The molecule has 1 aliphatic heterocycles. The standard InChI is InChI=1S/C22H22N6O7S/c1-4-23-22-26(25-13(2)14-6-5-7-15(10-14)27(31)32)21(30)19(36-22)12-20(29)24-17-11-16(28(33)34)8-9-18(17)35-3/h5-11,19H,4,12H2,1-3H3,(H,24,29)/b23-22?,25-13-/t19-/m1/s1. The number of benzene rings is 2. The second-order valence-corrected chi connectivity index (χ2v) is 8.57. The lowest BCUT2D eigenvalue weighted by Crippen LogP contribution is -2.30. The van der Waals surface area contributed by atoms with Gasteiger partial charge in [-0.1, -0.05) is 23.9 Å². The monoisotopic (exact) mass is 514 g/mol. The van der Waals surface area contributed by atoms with E-state index in [1.165, 1.54) is 43.5 Å². The highest BCUT2D eigenvalue weighted by atomic mass is 32.2. The van der Waals surface area contributed by atoms with Gasteiger partial charge in [0.15, 0.2) is 5.17 Å². The molecule has 0 unspecified atom stereocenters. The van der Waals surface area contributed by atoms with Gasteiger partial charge in [-0.25, -0.2) is 0 Å². The summed E-state index contributed by atoms with van der Waals surface area (Å²) in [6, 6.07) is 9.63. The molecule has 1 atom stereocenters. The molecule has 2 amide bonds. The molecule has 1 N–H and O–H groups in total. The van der Waals surface area contributed by atoms with Crippen LogP contribution in [-0.2, 0) is 9.59 Å². The zero-order valence-corrected chi connectivity index (χ0v) is 20.4. The number of thioether (sulfide) groups is 1. The zero-order chi connectivity index (χ0) is 26.4. The SMILES string of the molecule is CCN=C1S[C@H](CC(=O)Nc2cc([N+](=O)[O-])ccc2OC)C(=O)N1/N=C(/C)c1cccc([N+](=O)[O-])c1. The number of rotatable bonds is 9. The van der Waals surface area contributed by atoms with Crippen LogP contribution < -0.4 is 10.1 Å². The first kappa shape index (κ1) is 26.3. The summed E-state index contributed by atoms with van der Waals surface area (Å²) in [7, 11) is 1.36. The molecule has 188 valence electrons. The number of anilines is 1. The molecule has 36 heavy (non-hydrogen) atoms. The van der Waals surface area contributed by atoms with E-state index in [9.17, 15) is 29.8 Å². The van der Waals surface area contributed by atoms with Gasteiger partial charge in [0, 0.05) is 42.8 Å². The van der Waals surface area contributed by atoms with Crippen molar-refractivity contribution in [3.8, 4) is 5.75 Å². The van der Waals surface area contributed by atoms with Gasteiger partial charge in [-0.2, -0.15) is 10.1 Å². The van der Waals surface area contributed by atoms with Gasteiger partial charge in [0.25, 0.3) is 17.3 Å². The minimum Gasteiger partial charge on any atom is -0.495 e. The van der Waals surface area contributed by atoms with Gasteiger partial charge < -0.3 is 10.1 Å². The topological polar surface area (TPSA) is 170 Å². The number of ether oxygens (including phenoxy) is 1. The van der Waals surface area contributed by atoms with Crippen molar-refractivity contribution in [3.63, 3.8) is 0 Å². The second-order valence-electron chi connectivity index (χ2n) is 7.40. The number of hydrazone groups is 1. The summed E-state index contributed by atoms with van der Waals surface area (Å²) < 4.78 is 5.15. The summed E-state index contributed by atoms with van der Waals surface area (Å²) in [5, 5.41) is 29.6. The van der Waals surface area contributed by atoms with Crippen molar-refractivity contribution in [1.82, 2.24) is 5.01 Å². The van der Waals surface area contributed by atoms with Gasteiger partial charge in [0.2, 0.25) is 5.91 Å². The third kappa shape index (κ3) is 6.02. The lowest BCUT2D eigenvalue weighted by molar-refractivity contribution is -0.385. The first-order valence-electron chi connectivity index (χ1n) is 10.6. The summed E-state index contributed by atoms with van der Waals surface area (Å²) in [5.74, 6) is -0.818. The molecule has 2 aromatic carbocycles. The van der Waals surface area contributed by atoms with Gasteiger partial charge in [-0.3, -0.25) is 34.8 Å². The number of nitrogens with zero attached hydrogens (tertiary/aromatic N) is 5. The van der Waals surface area contributed by atoms with Gasteiger partial charge in [-0.15, -0.1) is 0 Å². The Labute approximate surface area is 209 Å². The third-order valence-electron chi connectivity index (χ3n) is 4.97. The van der Waals surface area contributed by atoms with Crippen molar-refractivity contribution in [1.29, 1.82) is 0 Å². The molecule has 0 bridgehead atoms. The molecular formula is C22H22N6O7S. The van der Waals surface area contributed by atoms with Crippen LogP contribution in [0.2, 0.25) is 0 Å². The first-order chi connectivity index (χ1) is 17.1. The van der Waals surface area contributed by atoms with Crippen molar-refractivity contribution < 1.29 is 24.2 Å². The highest BCUT2D eigenvalue weighted by molar-refractivity contribution is 8.15. The highest BCUT2D eigenvalue weighted by Crippen LogP contribution is 2.32. The largest absolute Gasteiger partial charge is 0.495 e. The number of nitrogens with one attached hydrogen (secondary N) is 1. The van der Waals surface area contributed by atoms with Crippen LogP contribution in [0.15, 0.2) is 52.6 Å². The lowest BCUT2D eigenvalue weighted by Gasteiger charge is -2.12. The van der Waals surface area contributed by atoms with Crippen molar-refractivity contribution in [2.75, 3.05) is 19.0 Å². The Hall–Kier alpha value is -4.33. The van der Waals surface area contributed by atoms with Gasteiger partial charge in [0.1, 0.15) is 11.0 Å². The predicted octanol–water partition coefficient (Wildman–Crippen LogP) is 3.58. The van der Waals surface area contributed by atoms with E-state index >= 15 is 0 Å². The van der Waals surface area contributed by atoms with Gasteiger partial charge in [0.05, 0.1) is 28.4 Å². The molecule has 0 radical (unpaired) electrons. The van der Waals surface area contributed by atoms with Crippen LogP contribution in [0.5, 0.6) is 5.75 Å². The molecule has 3 rings (SSSR count). The average molecular weight is 515 g/mol. The second kappa shape index (κ2) is 11.4. The van der Waals surface area contributed by atoms with Crippen LogP contribution in [0, 0.1) is 20.2 Å². The molecular weight excluding hydrogens is 492 g/mol. The molecule has 0 aromatic heterocycles. The van der Waals surface area contributed by atoms with E-state index in [1.54, 1.807) is 19.9 Å². The summed E-state index contributed by atoms with van der Waals surface area (Å²) in [4.78, 5) is 51.1. The van der Waals surface area contributed by atoms with Crippen LogP contribution in [0.3, 0.4) is 0 Å². The number of hydrogen-bond acceptors (Lipinski definition) is 10. The number of carbonyl (C=O) groups excluding carboxylic acids is 2. The van der Waals surface area contributed by atoms with Gasteiger partial charge in [-0.05, 0) is 19.9 Å². The number of non-ortho nitro benzene ring substituents is 2. The van der Waals surface area contributed by atoms with Crippen LogP contribution in [0.1, 0.15) is 25.8 Å². The average Bonchev–Trinajstić information content (AvgIpc) is 3.12. The Morgan fingerprint density at radius 2 is 1.86 bits per heavy atom. The highest BCUT2D eigenvalue weighted by Gasteiger charge is 2.39. The molecule has 0 spiro atoms. The fourth-order valence-corrected chi connectivity index (χ4v) is 4.37. The number of amidine groups is 1. The Balaban J connectivity index is 1.80. The maximum Gasteiger partial charge on any atom is 0.271 e. The Morgan fingerprint density at radius 3 is 2.50 bits per heavy atom. The third-order valence-corrected chi connectivity index (χ3v) is 6.14. The molecule has 2 aromatic rings. The number of methoxy groups -OCH3 is 1. The molecule has 1 fully saturated rings. The van der Waals surface area contributed by atoms with Crippen LogP contribution in [-0.4, -0.2) is 56.5 Å². The minimum absolute atomic E-state index is 0.103. The number of aliphatic imine (C=N–C) groups is 1. The lowest BCUT2D eigenvalue weighted by atomic mass is 10.1. The Kier molecular flexibility index (Phi) is 8.32. The smallest absolute Gasteiger partial charge is 0.271 e. The van der Waals surface area contributed by atoms with E-state index in [-0.39, 0.29) is 34.4 Å². The summed E-state index contributed by atoms with van der Waals surface area (Å²) >= 11 is 1.06. The molecule has 1 aliphatic rings. The Morgan fingerprint density at radius 1 is 1.17 bits per heavy atom. The van der Waals surface area contributed by atoms with E-state index in [4.69, 9.17) is 4.74 Å². The van der Waals surface area contributed by atoms with E-state index in [0.717, 1.165) is 16.8 Å². The minimum atomic E-state index is -0.846. The van der Waals surface area contributed by atoms with Crippen LogP contribution in [0.25, 0.3) is 0 Å². The van der Waals surface area contributed by atoms with Crippen molar-refractivity contribution in [2.45, 2.75) is 25.5 Å². The molecule has 14 heteroatoms. The molecule has 0 saturated carbocycles. The zero-order valence-electron chi connectivity index (χ0n) is 19.5. The van der Waals surface area contributed by atoms with Gasteiger partial charge >= 0.3 is 0 Å². The maximum absolute atomic E-state index is 13.1. The first-order valence-corrected chi connectivity index (χ1v) is 11.5. The van der Waals surface area contributed by atoms with E-state index in [0.29, 0.717) is 17.8 Å². The quantitative estimate of drug-likeness (QED) is 0.301. The van der Waals surface area contributed by atoms with Crippen LogP contribution in [0.4, 0.5) is 17.1 Å². The Bertz CT molecular complexity index is 1280. The predicted molar refractivity (Wildman–Crippen MR) is 134 cm³/mol. The van der Waals surface area contributed by atoms with E-state index < -0.39 is 26.9 Å². The molecule has 0 aliphatic carbocycles.